The molecule has 0 saturated heterocycles. The number of rotatable bonds is 5. The molecule has 0 aliphatic heterocycles. The molecule has 0 aliphatic carbocycles. The van der Waals surface area contributed by atoms with Gasteiger partial charge in [0, 0.05) is 42.1 Å². The Morgan fingerprint density at radius 3 is 3.00 bits per heavy atom. The van der Waals surface area contributed by atoms with Crippen LogP contribution < -0.4 is 0 Å². The van der Waals surface area contributed by atoms with Crippen LogP contribution in [0.2, 0.25) is 0 Å². The highest BCUT2D eigenvalue weighted by Gasteiger charge is 2.19. The van der Waals surface area contributed by atoms with Crippen LogP contribution in [0.3, 0.4) is 0 Å². The lowest BCUT2D eigenvalue weighted by Crippen LogP contribution is -2.29. The average molecular weight is 313 g/mol. The highest BCUT2D eigenvalue weighted by Crippen LogP contribution is 2.23. The number of thiazole rings is 1. The van der Waals surface area contributed by atoms with Gasteiger partial charge in [0.05, 0.1) is 6.04 Å². The molecule has 4 nitrogen and oxygen atoms in total. The third-order valence-electron chi connectivity index (χ3n) is 4.07. The summed E-state index contributed by atoms with van der Waals surface area (Å²) in [7, 11) is 1.85. The van der Waals surface area contributed by atoms with Crippen LogP contribution in [0, 0.1) is 0 Å². The van der Waals surface area contributed by atoms with Crippen molar-refractivity contribution in [1.29, 1.82) is 0 Å². The van der Waals surface area contributed by atoms with Gasteiger partial charge in [0.2, 0.25) is 5.91 Å². The monoisotopic (exact) mass is 313 g/mol. The van der Waals surface area contributed by atoms with Gasteiger partial charge in [-0.15, -0.1) is 11.3 Å². The van der Waals surface area contributed by atoms with Gasteiger partial charge >= 0.3 is 0 Å². The van der Waals surface area contributed by atoms with E-state index in [2.05, 4.69) is 22.1 Å². The largest absolute Gasteiger partial charge is 0.361 e. The van der Waals surface area contributed by atoms with E-state index < -0.39 is 0 Å². The fraction of sp³-hybridized carbons (Fsp3) is 0.294. The van der Waals surface area contributed by atoms with E-state index >= 15 is 0 Å². The molecule has 1 atom stereocenters. The molecule has 0 radical (unpaired) electrons. The van der Waals surface area contributed by atoms with Gasteiger partial charge in [-0.3, -0.25) is 4.79 Å². The van der Waals surface area contributed by atoms with Crippen molar-refractivity contribution in [2.45, 2.75) is 25.8 Å². The van der Waals surface area contributed by atoms with Gasteiger partial charge in [0.15, 0.2) is 0 Å². The third-order valence-corrected chi connectivity index (χ3v) is 5.01. The van der Waals surface area contributed by atoms with E-state index in [9.17, 15) is 4.79 Å². The average Bonchev–Trinajstić information content (AvgIpc) is 3.21. The summed E-state index contributed by atoms with van der Waals surface area (Å²) in [5, 5.41) is 4.12. The van der Waals surface area contributed by atoms with Crippen molar-refractivity contribution in [3.8, 4) is 0 Å². The standard InChI is InChI=1S/C17H19N3OS/c1-12(17-18-9-10-22-17)20(2)16(21)8-7-13-11-19-15-6-4-3-5-14(13)15/h3-6,9-12,19H,7-8H2,1-2H3/t12-/m1/s1. The first-order valence-corrected chi connectivity index (χ1v) is 8.25. The van der Waals surface area contributed by atoms with Gasteiger partial charge < -0.3 is 9.88 Å². The second-order valence-corrected chi connectivity index (χ2v) is 6.34. The molecule has 2 heterocycles. The zero-order valence-electron chi connectivity index (χ0n) is 12.7. The van der Waals surface area contributed by atoms with Crippen molar-refractivity contribution < 1.29 is 4.79 Å². The number of carbonyl (C=O) groups excluding carboxylic acids is 1. The van der Waals surface area contributed by atoms with Crippen LogP contribution in [0.25, 0.3) is 10.9 Å². The number of nitrogens with zero attached hydrogens (tertiary/aromatic N) is 2. The molecule has 114 valence electrons. The molecule has 0 aliphatic rings. The number of para-hydroxylation sites is 1. The molecule has 2 aromatic heterocycles. The highest BCUT2D eigenvalue weighted by atomic mass is 32.1. The molecule has 3 aromatic rings. The van der Waals surface area contributed by atoms with E-state index in [0.717, 1.165) is 16.9 Å². The summed E-state index contributed by atoms with van der Waals surface area (Å²) in [4.78, 5) is 21.7. The summed E-state index contributed by atoms with van der Waals surface area (Å²) in [6, 6.07) is 8.20. The van der Waals surface area contributed by atoms with Crippen LogP contribution in [-0.4, -0.2) is 27.8 Å². The van der Waals surface area contributed by atoms with E-state index in [1.54, 1.807) is 22.4 Å². The van der Waals surface area contributed by atoms with Gasteiger partial charge in [0.1, 0.15) is 5.01 Å². The molecule has 3 rings (SSSR count). The first kappa shape index (κ1) is 14.8. The minimum Gasteiger partial charge on any atom is -0.361 e. The van der Waals surface area contributed by atoms with Crippen LogP contribution in [0.15, 0.2) is 42.0 Å². The van der Waals surface area contributed by atoms with E-state index in [1.165, 1.54) is 10.9 Å². The minimum atomic E-state index is 0.0236. The van der Waals surface area contributed by atoms with E-state index in [4.69, 9.17) is 0 Å². The number of amides is 1. The molecule has 5 heteroatoms. The Morgan fingerprint density at radius 1 is 1.41 bits per heavy atom. The summed E-state index contributed by atoms with van der Waals surface area (Å²) in [5.74, 6) is 0.146. The van der Waals surface area contributed by atoms with Crippen molar-refractivity contribution in [3.63, 3.8) is 0 Å². The van der Waals surface area contributed by atoms with Gasteiger partial charge in [-0.25, -0.2) is 4.98 Å². The summed E-state index contributed by atoms with van der Waals surface area (Å²) >= 11 is 1.58. The number of carbonyl (C=O) groups is 1. The number of hydrogen-bond acceptors (Lipinski definition) is 3. The highest BCUT2D eigenvalue weighted by molar-refractivity contribution is 7.09. The fourth-order valence-electron chi connectivity index (χ4n) is 2.58. The van der Waals surface area contributed by atoms with Crippen LogP contribution in [-0.2, 0) is 11.2 Å². The lowest BCUT2D eigenvalue weighted by atomic mass is 10.1. The Kier molecular flexibility index (Phi) is 4.24. The Bertz CT molecular complexity index is 763. The Morgan fingerprint density at radius 2 is 2.23 bits per heavy atom. The quantitative estimate of drug-likeness (QED) is 0.779. The maximum absolute atomic E-state index is 12.4. The maximum Gasteiger partial charge on any atom is 0.223 e. The zero-order chi connectivity index (χ0) is 15.5. The predicted molar refractivity (Wildman–Crippen MR) is 89.9 cm³/mol. The summed E-state index contributed by atoms with van der Waals surface area (Å²) in [6.45, 7) is 2.02. The van der Waals surface area contributed by atoms with Gasteiger partial charge in [-0.05, 0) is 25.0 Å². The lowest BCUT2D eigenvalue weighted by Gasteiger charge is -2.23. The van der Waals surface area contributed by atoms with Crippen molar-refractivity contribution in [2.75, 3.05) is 7.05 Å². The number of H-pyrrole nitrogens is 1. The normalized spacial score (nSPS) is 12.5. The molecule has 0 saturated carbocycles. The number of nitrogens with one attached hydrogen (secondary N) is 1. The van der Waals surface area contributed by atoms with Crippen LogP contribution >= 0.6 is 11.3 Å². The molecule has 0 bridgehead atoms. The Labute approximate surface area is 133 Å². The summed E-state index contributed by atoms with van der Waals surface area (Å²) in [6.07, 6.45) is 5.04. The van der Waals surface area contributed by atoms with Gasteiger partial charge in [0.25, 0.3) is 0 Å². The number of aromatic amines is 1. The van der Waals surface area contributed by atoms with Crippen molar-refractivity contribution in [2.24, 2.45) is 0 Å². The van der Waals surface area contributed by atoms with E-state index in [-0.39, 0.29) is 11.9 Å². The van der Waals surface area contributed by atoms with Gasteiger partial charge in [-0.2, -0.15) is 0 Å². The zero-order valence-corrected chi connectivity index (χ0v) is 13.6. The van der Waals surface area contributed by atoms with E-state index in [0.29, 0.717) is 6.42 Å². The Balaban J connectivity index is 1.64. The van der Waals surface area contributed by atoms with E-state index in [1.807, 2.05) is 37.7 Å². The topological polar surface area (TPSA) is 49.0 Å². The number of hydrogen-bond donors (Lipinski definition) is 1. The Hall–Kier alpha value is -2.14. The van der Waals surface area contributed by atoms with Crippen LogP contribution in [0.1, 0.15) is 30.0 Å². The molecule has 0 fully saturated rings. The number of aryl methyl sites for hydroxylation is 1. The first-order chi connectivity index (χ1) is 10.7. The van der Waals surface area contributed by atoms with Gasteiger partial charge in [-0.1, -0.05) is 18.2 Å². The number of benzene rings is 1. The molecule has 1 amide bonds. The smallest absolute Gasteiger partial charge is 0.223 e. The fourth-order valence-corrected chi connectivity index (χ4v) is 3.32. The molecular formula is C17H19N3OS. The molecular weight excluding hydrogens is 294 g/mol. The lowest BCUT2D eigenvalue weighted by molar-refractivity contribution is -0.131. The second kappa shape index (κ2) is 6.32. The molecule has 0 unspecified atom stereocenters. The number of aromatic nitrogens is 2. The number of fused-ring (bicyclic) bond motifs is 1. The van der Waals surface area contributed by atoms with Crippen LogP contribution in [0.4, 0.5) is 0 Å². The summed E-state index contributed by atoms with van der Waals surface area (Å²) < 4.78 is 0. The van der Waals surface area contributed by atoms with Crippen molar-refractivity contribution in [1.82, 2.24) is 14.9 Å². The molecule has 22 heavy (non-hydrogen) atoms. The predicted octanol–water partition coefficient (Wildman–Crippen LogP) is 3.78. The molecule has 1 aromatic carbocycles. The SMILES string of the molecule is C[C@H](c1nccs1)N(C)C(=O)CCc1c[nH]c2ccccc12. The van der Waals surface area contributed by atoms with Crippen molar-refractivity contribution >= 4 is 28.1 Å². The van der Waals surface area contributed by atoms with Crippen LogP contribution in [0.5, 0.6) is 0 Å². The first-order valence-electron chi connectivity index (χ1n) is 7.37. The van der Waals surface area contributed by atoms with Crippen molar-refractivity contribution in [3.05, 3.63) is 52.6 Å². The summed E-state index contributed by atoms with van der Waals surface area (Å²) in [5.41, 5.74) is 2.31. The molecule has 1 N–H and O–H groups in total. The second-order valence-electron chi connectivity index (χ2n) is 5.41. The maximum atomic E-state index is 12.4. The third kappa shape index (κ3) is 2.90. The molecule has 0 spiro atoms. The minimum absolute atomic E-state index is 0.0236.